The van der Waals surface area contributed by atoms with E-state index in [2.05, 4.69) is 27.4 Å². The smallest absolute Gasteiger partial charge is 0.191 e. The lowest BCUT2D eigenvalue weighted by Crippen LogP contribution is -2.48. The van der Waals surface area contributed by atoms with E-state index < -0.39 is 9.84 Å². The molecule has 0 bridgehead atoms. The van der Waals surface area contributed by atoms with Crippen LogP contribution in [0.2, 0.25) is 0 Å². The molecule has 1 aliphatic heterocycles. The standard InChI is InChI=1S/C14H30N4O2S/c1-4-9-18-10-6-13(7-11-18)17-14(15-5-2)16-8-12-21(3,19)20/h13H,4-12H2,1-3H3,(H2,15,16,17). The van der Waals surface area contributed by atoms with Crippen LogP contribution < -0.4 is 10.6 Å². The summed E-state index contributed by atoms with van der Waals surface area (Å²) in [5.41, 5.74) is 0. The summed E-state index contributed by atoms with van der Waals surface area (Å²) >= 11 is 0. The van der Waals surface area contributed by atoms with Gasteiger partial charge in [-0.25, -0.2) is 8.42 Å². The van der Waals surface area contributed by atoms with Gasteiger partial charge in [0.1, 0.15) is 9.84 Å². The number of nitrogens with one attached hydrogen (secondary N) is 2. The van der Waals surface area contributed by atoms with Crippen LogP contribution in [0, 0.1) is 0 Å². The molecule has 21 heavy (non-hydrogen) atoms. The fourth-order valence-electron chi connectivity index (χ4n) is 2.45. The molecule has 0 aromatic carbocycles. The monoisotopic (exact) mass is 318 g/mol. The maximum atomic E-state index is 11.1. The number of hydrogen-bond acceptors (Lipinski definition) is 4. The molecule has 1 saturated heterocycles. The van der Waals surface area contributed by atoms with Crippen molar-refractivity contribution in [2.45, 2.75) is 39.2 Å². The van der Waals surface area contributed by atoms with Crippen LogP contribution in [-0.4, -0.2) is 70.1 Å². The minimum Gasteiger partial charge on any atom is -0.357 e. The predicted octanol–water partition coefficient (Wildman–Crippen LogP) is 0.461. The second-order valence-electron chi connectivity index (χ2n) is 5.65. The lowest BCUT2D eigenvalue weighted by molar-refractivity contribution is 0.206. The molecule has 1 fully saturated rings. The van der Waals surface area contributed by atoms with Gasteiger partial charge in [0.15, 0.2) is 5.96 Å². The van der Waals surface area contributed by atoms with Crippen LogP contribution in [0.15, 0.2) is 4.99 Å². The summed E-state index contributed by atoms with van der Waals surface area (Å²) < 4.78 is 22.3. The lowest BCUT2D eigenvalue weighted by Gasteiger charge is -2.32. The number of rotatable bonds is 7. The van der Waals surface area contributed by atoms with Crippen molar-refractivity contribution >= 4 is 15.8 Å². The molecule has 1 heterocycles. The number of hydrogen-bond donors (Lipinski definition) is 2. The Morgan fingerprint density at radius 1 is 1.29 bits per heavy atom. The quantitative estimate of drug-likeness (QED) is 0.527. The van der Waals surface area contributed by atoms with Gasteiger partial charge in [-0.15, -0.1) is 0 Å². The van der Waals surface area contributed by atoms with Crippen molar-refractivity contribution in [3.8, 4) is 0 Å². The zero-order chi connectivity index (χ0) is 15.7. The van der Waals surface area contributed by atoms with E-state index in [-0.39, 0.29) is 5.75 Å². The molecule has 0 aromatic rings. The molecule has 2 N–H and O–H groups in total. The van der Waals surface area contributed by atoms with Crippen molar-refractivity contribution in [1.82, 2.24) is 15.5 Å². The second-order valence-corrected chi connectivity index (χ2v) is 7.91. The van der Waals surface area contributed by atoms with E-state index in [4.69, 9.17) is 0 Å². The Morgan fingerprint density at radius 2 is 1.95 bits per heavy atom. The summed E-state index contributed by atoms with van der Waals surface area (Å²) in [5.74, 6) is 0.827. The first kappa shape index (κ1) is 18.2. The van der Waals surface area contributed by atoms with Crippen LogP contribution in [-0.2, 0) is 9.84 Å². The molecule has 0 aliphatic carbocycles. The minimum atomic E-state index is -2.95. The van der Waals surface area contributed by atoms with Gasteiger partial charge in [0.05, 0.1) is 12.3 Å². The fraction of sp³-hybridized carbons (Fsp3) is 0.929. The van der Waals surface area contributed by atoms with Crippen molar-refractivity contribution in [2.75, 3.05) is 44.7 Å². The molecule has 0 saturated carbocycles. The van der Waals surface area contributed by atoms with Gasteiger partial charge in [-0.3, -0.25) is 4.99 Å². The largest absolute Gasteiger partial charge is 0.357 e. The lowest BCUT2D eigenvalue weighted by atomic mass is 10.1. The number of likely N-dealkylation sites (tertiary alicyclic amines) is 1. The molecule has 7 heteroatoms. The van der Waals surface area contributed by atoms with Gasteiger partial charge in [0.25, 0.3) is 0 Å². The van der Waals surface area contributed by atoms with Gasteiger partial charge >= 0.3 is 0 Å². The third kappa shape index (κ3) is 8.26. The predicted molar refractivity (Wildman–Crippen MR) is 88.6 cm³/mol. The topological polar surface area (TPSA) is 73.8 Å². The average Bonchev–Trinajstić information content (AvgIpc) is 2.40. The van der Waals surface area contributed by atoms with Gasteiger partial charge in [0.2, 0.25) is 0 Å². The number of aliphatic imine (C=N–C) groups is 1. The van der Waals surface area contributed by atoms with E-state index in [1.54, 1.807) is 0 Å². The highest BCUT2D eigenvalue weighted by Crippen LogP contribution is 2.10. The van der Waals surface area contributed by atoms with Crippen molar-refractivity contribution in [1.29, 1.82) is 0 Å². The number of nitrogens with zero attached hydrogens (tertiary/aromatic N) is 2. The highest BCUT2D eigenvalue weighted by molar-refractivity contribution is 7.90. The summed E-state index contributed by atoms with van der Waals surface area (Å²) in [5, 5.41) is 6.61. The second kappa shape index (κ2) is 9.25. The highest BCUT2D eigenvalue weighted by Gasteiger charge is 2.19. The van der Waals surface area contributed by atoms with Crippen molar-refractivity contribution in [3.63, 3.8) is 0 Å². The summed E-state index contributed by atoms with van der Waals surface area (Å²) in [6.07, 6.45) is 4.66. The minimum absolute atomic E-state index is 0.0958. The Hall–Kier alpha value is -0.820. The summed E-state index contributed by atoms with van der Waals surface area (Å²) in [4.78, 5) is 6.84. The number of sulfone groups is 1. The van der Waals surface area contributed by atoms with Crippen molar-refractivity contribution in [3.05, 3.63) is 0 Å². The van der Waals surface area contributed by atoms with E-state index in [9.17, 15) is 8.42 Å². The third-order valence-electron chi connectivity index (χ3n) is 3.54. The zero-order valence-corrected chi connectivity index (χ0v) is 14.4. The molecule has 124 valence electrons. The molecule has 0 radical (unpaired) electrons. The van der Waals surface area contributed by atoms with Crippen LogP contribution in [0.4, 0.5) is 0 Å². The molecule has 0 aromatic heterocycles. The van der Waals surface area contributed by atoms with Crippen LogP contribution >= 0.6 is 0 Å². The van der Waals surface area contributed by atoms with Crippen LogP contribution in [0.25, 0.3) is 0 Å². The molecule has 1 rings (SSSR count). The first-order valence-electron chi connectivity index (χ1n) is 7.89. The van der Waals surface area contributed by atoms with Gasteiger partial charge in [0, 0.05) is 31.9 Å². The molecule has 1 aliphatic rings. The summed E-state index contributed by atoms with van der Waals surface area (Å²) in [6, 6.07) is 0.425. The number of guanidine groups is 1. The SMILES string of the molecule is CCCN1CCC(NC(=NCCS(C)(=O)=O)NCC)CC1. The maximum absolute atomic E-state index is 11.1. The first-order chi connectivity index (χ1) is 9.94. The van der Waals surface area contributed by atoms with Crippen molar-refractivity contribution in [2.24, 2.45) is 4.99 Å². The Balaban J connectivity index is 2.42. The van der Waals surface area contributed by atoms with Gasteiger partial charge in [-0.2, -0.15) is 0 Å². The fourth-order valence-corrected chi connectivity index (χ4v) is 2.88. The van der Waals surface area contributed by atoms with Gasteiger partial charge in [-0.05, 0) is 32.7 Å². The van der Waals surface area contributed by atoms with E-state index in [1.165, 1.54) is 19.2 Å². The maximum Gasteiger partial charge on any atom is 0.191 e. The molecule has 0 atom stereocenters. The Labute approximate surface area is 129 Å². The molecular formula is C14H30N4O2S. The van der Waals surface area contributed by atoms with Crippen LogP contribution in [0.1, 0.15) is 33.1 Å². The van der Waals surface area contributed by atoms with Crippen molar-refractivity contribution < 1.29 is 8.42 Å². The summed E-state index contributed by atoms with van der Waals surface area (Å²) in [6.45, 7) is 8.72. The first-order valence-corrected chi connectivity index (χ1v) is 9.95. The molecule has 0 spiro atoms. The van der Waals surface area contributed by atoms with E-state index in [0.29, 0.717) is 12.6 Å². The molecule has 0 amide bonds. The van der Waals surface area contributed by atoms with Crippen LogP contribution in [0.5, 0.6) is 0 Å². The van der Waals surface area contributed by atoms with Gasteiger partial charge < -0.3 is 15.5 Å². The average molecular weight is 318 g/mol. The van der Waals surface area contributed by atoms with E-state index >= 15 is 0 Å². The molecule has 6 nitrogen and oxygen atoms in total. The Kier molecular flexibility index (Phi) is 8.03. The Bertz CT molecular complexity index is 415. The third-order valence-corrected chi connectivity index (χ3v) is 4.47. The van der Waals surface area contributed by atoms with E-state index in [1.807, 2.05) is 6.92 Å². The highest BCUT2D eigenvalue weighted by atomic mass is 32.2. The molecular weight excluding hydrogens is 288 g/mol. The Morgan fingerprint density at radius 3 is 2.48 bits per heavy atom. The number of piperidine rings is 1. The summed E-state index contributed by atoms with van der Waals surface area (Å²) in [7, 11) is -2.95. The van der Waals surface area contributed by atoms with Crippen LogP contribution in [0.3, 0.4) is 0 Å². The zero-order valence-electron chi connectivity index (χ0n) is 13.6. The van der Waals surface area contributed by atoms with Gasteiger partial charge in [-0.1, -0.05) is 6.92 Å². The van der Waals surface area contributed by atoms with E-state index in [0.717, 1.165) is 38.4 Å². The molecule has 0 unspecified atom stereocenters. The normalized spacial score (nSPS) is 18.7.